The van der Waals surface area contributed by atoms with Crippen LogP contribution in [0, 0.1) is 11.3 Å². The Labute approximate surface area is 106 Å². The Hall–Kier alpha value is -2.61. The molecule has 5 heteroatoms. The Kier molecular flexibility index (Phi) is 3.39. The van der Waals surface area contributed by atoms with Crippen molar-refractivity contribution in [1.29, 1.82) is 5.26 Å². The minimum atomic E-state index is 0.478. The molecule has 0 aliphatic heterocycles. The molecule has 2 rings (SSSR count). The first-order valence-corrected chi connectivity index (χ1v) is 5.46. The molecule has 5 nitrogen and oxygen atoms in total. The maximum Gasteiger partial charge on any atom is 0.146 e. The van der Waals surface area contributed by atoms with Crippen LogP contribution in [-0.2, 0) is 6.54 Å². The molecule has 2 aromatic heterocycles. The zero-order chi connectivity index (χ0) is 13.0. The smallest absolute Gasteiger partial charge is 0.146 e. The van der Waals surface area contributed by atoms with E-state index in [0.717, 1.165) is 5.56 Å². The molecule has 0 radical (unpaired) electrons. The van der Waals surface area contributed by atoms with Crippen molar-refractivity contribution < 1.29 is 0 Å². The van der Waals surface area contributed by atoms with E-state index < -0.39 is 0 Å². The van der Waals surface area contributed by atoms with Crippen molar-refractivity contribution in [2.24, 2.45) is 0 Å². The lowest BCUT2D eigenvalue weighted by Crippen LogP contribution is -2.19. The van der Waals surface area contributed by atoms with E-state index in [-0.39, 0.29) is 0 Å². The molecule has 0 aromatic carbocycles. The van der Waals surface area contributed by atoms with Crippen molar-refractivity contribution >= 4 is 11.5 Å². The van der Waals surface area contributed by atoms with Gasteiger partial charge in [0.25, 0.3) is 0 Å². The van der Waals surface area contributed by atoms with Gasteiger partial charge in [-0.1, -0.05) is 0 Å². The highest BCUT2D eigenvalue weighted by molar-refractivity contribution is 5.58. The number of nitrogens with two attached hydrogens (primary N) is 1. The van der Waals surface area contributed by atoms with Crippen LogP contribution in [0.25, 0.3) is 0 Å². The number of nitrogen functional groups attached to an aromatic ring is 1. The van der Waals surface area contributed by atoms with Gasteiger partial charge in [0.05, 0.1) is 17.4 Å². The van der Waals surface area contributed by atoms with Gasteiger partial charge in [-0.15, -0.1) is 0 Å². The number of rotatable bonds is 3. The van der Waals surface area contributed by atoms with E-state index in [0.29, 0.717) is 23.6 Å². The first-order chi connectivity index (χ1) is 8.70. The summed E-state index contributed by atoms with van der Waals surface area (Å²) in [7, 11) is 1.89. The van der Waals surface area contributed by atoms with Gasteiger partial charge in [0.2, 0.25) is 0 Å². The molecule has 0 amide bonds. The van der Waals surface area contributed by atoms with Crippen LogP contribution in [0.4, 0.5) is 11.5 Å². The molecule has 90 valence electrons. The average molecular weight is 239 g/mol. The fourth-order valence-corrected chi connectivity index (χ4v) is 1.70. The van der Waals surface area contributed by atoms with E-state index in [1.807, 2.05) is 24.1 Å². The Balaban J connectivity index is 2.24. The quantitative estimate of drug-likeness (QED) is 0.879. The standard InChI is InChI=1S/C13H13N5/c1-18(9-10-2-4-16-5-3-10)13-11(7-14)6-12(15)8-17-13/h2-6,8H,9,15H2,1H3. The molecule has 0 spiro atoms. The van der Waals surface area contributed by atoms with Crippen LogP contribution >= 0.6 is 0 Å². The summed E-state index contributed by atoms with van der Waals surface area (Å²) in [5.74, 6) is 0.628. The van der Waals surface area contributed by atoms with Crippen LogP contribution in [0.15, 0.2) is 36.8 Å². The van der Waals surface area contributed by atoms with Crippen molar-refractivity contribution in [3.63, 3.8) is 0 Å². The summed E-state index contributed by atoms with van der Waals surface area (Å²) in [6.45, 7) is 0.661. The van der Waals surface area contributed by atoms with Crippen molar-refractivity contribution in [1.82, 2.24) is 9.97 Å². The first kappa shape index (κ1) is 11.9. The maximum absolute atomic E-state index is 9.08. The summed E-state index contributed by atoms with van der Waals surface area (Å²) in [4.78, 5) is 10.1. The molecule has 0 atom stereocenters. The van der Waals surface area contributed by atoms with E-state index in [1.54, 1.807) is 24.7 Å². The number of nitrogens with zero attached hydrogens (tertiary/aromatic N) is 4. The summed E-state index contributed by atoms with van der Waals surface area (Å²) >= 11 is 0. The number of hydrogen-bond donors (Lipinski definition) is 1. The highest BCUT2D eigenvalue weighted by Gasteiger charge is 2.09. The van der Waals surface area contributed by atoms with Crippen LogP contribution in [0.2, 0.25) is 0 Å². The Bertz CT molecular complexity index is 574. The molecule has 0 saturated carbocycles. The Morgan fingerprint density at radius 1 is 1.39 bits per heavy atom. The van der Waals surface area contributed by atoms with Crippen molar-refractivity contribution in [3.8, 4) is 6.07 Å². The summed E-state index contributed by atoms with van der Waals surface area (Å²) < 4.78 is 0. The van der Waals surface area contributed by atoms with Gasteiger partial charge in [0, 0.05) is 26.0 Å². The van der Waals surface area contributed by atoms with Crippen LogP contribution in [0.5, 0.6) is 0 Å². The molecule has 2 aromatic rings. The second kappa shape index (κ2) is 5.15. The molecule has 18 heavy (non-hydrogen) atoms. The predicted octanol–water partition coefficient (Wildman–Crippen LogP) is 1.57. The normalized spacial score (nSPS) is 9.78. The Morgan fingerprint density at radius 3 is 2.78 bits per heavy atom. The third-order valence-corrected chi connectivity index (χ3v) is 2.54. The molecular weight excluding hydrogens is 226 g/mol. The van der Waals surface area contributed by atoms with E-state index in [9.17, 15) is 0 Å². The maximum atomic E-state index is 9.08. The molecule has 0 fully saturated rings. The lowest BCUT2D eigenvalue weighted by atomic mass is 10.2. The number of hydrogen-bond acceptors (Lipinski definition) is 5. The summed E-state index contributed by atoms with van der Waals surface area (Å²) in [5.41, 5.74) is 7.69. The predicted molar refractivity (Wildman–Crippen MR) is 69.7 cm³/mol. The van der Waals surface area contributed by atoms with E-state index >= 15 is 0 Å². The molecule has 0 unspecified atom stereocenters. The molecule has 0 bridgehead atoms. The van der Waals surface area contributed by atoms with Crippen LogP contribution in [0.3, 0.4) is 0 Å². The fourth-order valence-electron chi connectivity index (χ4n) is 1.70. The zero-order valence-electron chi connectivity index (χ0n) is 10.0. The van der Waals surface area contributed by atoms with Crippen LogP contribution in [0.1, 0.15) is 11.1 Å². The number of aromatic nitrogens is 2. The molecule has 0 saturated heterocycles. The summed E-state index contributed by atoms with van der Waals surface area (Å²) in [6.07, 6.45) is 5.04. The number of anilines is 2. The Morgan fingerprint density at radius 2 is 2.11 bits per heavy atom. The average Bonchev–Trinajstić information content (AvgIpc) is 2.39. The van der Waals surface area contributed by atoms with Gasteiger partial charge in [-0.2, -0.15) is 5.26 Å². The van der Waals surface area contributed by atoms with Gasteiger partial charge >= 0.3 is 0 Å². The van der Waals surface area contributed by atoms with Gasteiger partial charge in [0.15, 0.2) is 0 Å². The van der Waals surface area contributed by atoms with Gasteiger partial charge in [0.1, 0.15) is 11.9 Å². The zero-order valence-corrected chi connectivity index (χ0v) is 10.0. The molecule has 0 aliphatic carbocycles. The molecule has 2 N–H and O–H groups in total. The van der Waals surface area contributed by atoms with Crippen molar-refractivity contribution in [3.05, 3.63) is 47.9 Å². The third-order valence-electron chi connectivity index (χ3n) is 2.54. The molecule has 2 heterocycles. The minimum absolute atomic E-state index is 0.478. The topological polar surface area (TPSA) is 78.8 Å². The number of pyridine rings is 2. The van der Waals surface area contributed by atoms with Crippen molar-refractivity contribution in [2.45, 2.75) is 6.54 Å². The minimum Gasteiger partial charge on any atom is -0.397 e. The summed E-state index contributed by atoms with van der Waals surface area (Å²) in [5, 5.41) is 9.08. The van der Waals surface area contributed by atoms with Crippen molar-refractivity contribution in [2.75, 3.05) is 17.7 Å². The lowest BCUT2D eigenvalue weighted by molar-refractivity contribution is 0.893. The monoisotopic (exact) mass is 239 g/mol. The highest BCUT2D eigenvalue weighted by Crippen LogP contribution is 2.19. The van der Waals surface area contributed by atoms with Gasteiger partial charge in [-0.25, -0.2) is 4.98 Å². The largest absolute Gasteiger partial charge is 0.397 e. The second-order valence-corrected chi connectivity index (χ2v) is 3.96. The first-order valence-electron chi connectivity index (χ1n) is 5.46. The fraction of sp³-hybridized carbons (Fsp3) is 0.154. The highest BCUT2D eigenvalue weighted by atomic mass is 15.2. The lowest BCUT2D eigenvalue weighted by Gasteiger charge is -2.19. The van der Waals surface area contributed by atoms with E-state index in [4.69, 9.17) is 11.0 Å². The number of nitriles is 1. The molecule has 0 aliphatic rings. The second-order valence-electron chi connectivity index (χ2n) is 3.96. The van der Waals surface area contributed by atoms with Gasteiger partial charge in [-0.05, 0) is 23.8 Å². The van der Waals surface area contributed by atoms with E-state index in [2.05, 4.69) is 16.0 Å². The van der Waals surface area contributed by atoms with Crippen LogP contribution < -0.4 is 10.6 Å². The SMILES string of the molecule is CN(Cc1ccncc1)c1ncc(N)cc1C#N. The summed E-state index contributed by atoms with van der Waals surface area (Å²) in [6, 6.07) is 7.60. The van der Waals surface area contributed by atoms with Gasteiger partial charge < -0.3 is 10.6 Å². The van der Waals surface area contributed by atoms with Crippen LogP contribution in [-0.4, -0.2) is 17.0 Å². The van der Waals surface area contributed by atoms with E-state index in [1.165, 1.54) is 0 Å². The van der Waals surface area contributed by atoms with Gasteiger partial charge in [-0.3, -0.25) is 4.98 Å². The third kappa shape index (κ3) is 2.55. The molecular formula is C13H13N5.